The molecule has 0 radical (unpaired) electrons. The monoisotopic (exact) mass is 506 g/mol. The highest BCUT2D eigenvalue weighted by atomic mass is 127. The van der Waals surface area contributed by atoms with E-state index in [1.807, 2.05) is 24.9 Å². The first-order valence-corrected chi connectivity index (χ1v) is 10.2. The summed E-state index contributed by atoms with van der Waals surface area (Å²) in [4.78, 5) is 7.34. The van der Waals surface area contributed by atoms with E-state index in [0.29, 0.717) is 0 Å². The van der Waals surface area contributed by atoms with Crippen molar-refractivity contribution in [2.75, 3.05) is 5.75 Å². The Bertz CT molecular complexity index is 837. The fourth-order valence-corrected chi connectivity index (χ4v) is 3.65. The van der Waals surface area contributed by atoms with Crippen LogP contribution in [0.3, 0.4) is 0 Å². The zero-order chi connectivity index (χ0) is 19.1. The highest BCUT2D eigenvalue weighted by molar-refractivity contribution is 14.0. The molecule has 0 aliphatic rings. The summed E-state index contributed by atoms with van der Waals surface area (Å²) in [6.45, 7) is 5.81. The minimum absolute atomic E-state index is 0. The van der Waals surface area contributed by atoms with E-state index in [4.69, 9.17) is 4.99 Å². The molecule has 0 atom stereocenters. The van der Waals surface area contributed by atoms with E-state index in [1.165, 1.54) is 11.1 Å². The van der Waals surface area contributed by atoms with Crippen molar-refractivity contribution in [2.24, 2.45) is 12.0 Å². The number of hydrogen-bond donors (Lipinski definition) is 0. The predicted octanol–water partition coefficient (Wildman–Crippen LogP) is 5.79. The Kier molecular flexibility index (Phi) is 9.05. The lowest BCUT2D eigenvalue weighted by atomic mass is 10.2. The van der Waals surface area contributed by atoms with E-state index < -0.39 is 0 Å². The van der Waals surface area contributed by atoms with E-state index in [0.717, 1.165) is 35.4 Å². The number of aliphatic imine (C=N–C) groups is 1. The van der Waals surface area contributed by atoms with Gasteiger partial charge in [-0.25, -0.2) is 4.99 Å². The van der Waals surface area contributed by atoms with Crippen LogP contribution in [0.15, 0.2) is 71.9 Å². The number of halogens is 1. The fraction of sp³-hybridized carbons (Fsp3) is 0.273. The maximum absolute atomic E-state index is 4.98. The lowest BCUT2D eigenvalue weighted by Crippen LogP contribution is -2.28. The normalized spacial score (nSPS) is 11.2. The smallest absolute Gasteiger partial charge is 0.165 e. The first-order chi connectivity index (χ1) is 13.2. The van der Waals surface area contributed by atoms with Crippen LogP contribution in [0.1, 0.15) is 23.7 Å². The average Bonchev–Trinajstić information content (AvgIpc) is 2.99. The molecule has 2 aromatic carbocycles. The molecule has 0 saturated heterocycles. The molecule has 0 amide bonds. The molecule has 3 aromatic rings. The summed E-state index contributed by atoms with van der Waals surface area (Å²) in [5.41, 5.74) is 4.44. The summed E-state index contributed by atoms with van der Waals surface area (Å²) >= 11 is 1.77. The lowest BCUT2D eigenvalue weighted by molar-refractivity contribution is 0.415. The topological polar surface area (TPSA) is 33.4 Å². The molecule has 1 heterocycles. The van der Waals surface area contributed by atoms with Gasteiger partial charge in [0, 0.05) is 20.1 Å². The van der Waals surface area contributed by atoms with Crippen LogP contribution < -0.4 is 0 Å². The third kappa shape index (κ3) is 6.38. The standard InChI is InChI=1S/C22H26N4S.HI/c1-4-27-22(23-21-17-25(3)24-18(21)2)26(15-19-11-7-5-8-12-19)16-20-13-9-6-10-14-20;/h5-14,17H,4,15-16H2,1-3H3;1H. The van der Waals surface area contributed by atoms with Crippen molar-refractivity contribution in [1.29, 1.82) is 0 Å². The van der Waals surface area contributed by atoms with E-state index >= 15 is 0 Å². The summed E-state index contributed by atoms with van der Waals surface area (Å²) < 4.78 is 1.82. The van der Waals surface area contributed by atoms with Crippen LogP contribution in [0.4, 0.5) is 5.69 Å². The average molecular weight is 506 g/mol. The highest BCUT2D eigenvalue weighted by Crippen LogP contribution is 2.23. The molecular weight excluding hydrogens is 479 g/mol. The van der Waals surface area contributed by atoms with Crippen LogP contribution >= 0.6 is 35.7 Å². The molecule has 0 aliphatic carbocycles. The van der Waals surface area contributed by atoms with Crippen molar-refractivity contribution >= 4 is 46.6 Å². The molecule has 28 heavy (non-hydrogen) atoms. The summed E-state index contributed by atoms with van der Waals surface area (Å²) in [5, 5.41) is 5.46. The van der Waals surface area contributed by atoms with Gasteiger partial charge in [-0.2, -0.15) is 5.10 Å². The summed E-state index contributed by atoms with van der Waals surface area (Å²) in [5.74, 6) is 0.970. The Labute approximate surface area is 189 Å². The maximum Gasteiger partial charge on any atom is 0.165 e. The molecule has 0 aliphatic heterocycles. The van der Waals surface area contributed by atoms with Gasteiger partial charge in [-0.1, -0.05) is 79.3 Å². The van der Waals surface area contributed by atoms with Gasteiger partial charge in [0.15, 0.2) is 5.17 Å². The second-order valence-corrected chi connectivity index (χ2v) is 7.66. The zero-order valence-corrected chi connectivity index (χ0v) is 19.7. The van der Waals surface area contributed by atoms with Gasteiger partial charge in [-0.05, 0) is 23.8 Å². The van der Waals surface area contributed by atoms with Crippen LogP contribution in [0.5, 0.6) is 0 Å². The largest absolute Gasteiger partial charge is 0.343 e. The van der Waals surface area contributed by atoms with Crippen LogP contribution in [0.2, 0.25) is 0 Å². The Morgan fingerprint density at radius 3 is 1.96 bits per heavy atom. The van der Waals surface area contributed by atoms with Crippen molar-refractivity contribution < 1.29 is 0 Å². The summed E-state index contributed by atoms with van der Waals surface area (Å²) in [7, 11) is 1.93. The lowest BCUT2D eigenvalue weighted by Gasteiger charge is -2.26. The van der Waals surface area contributed by atoms with Crippen molar-refractivity contribution in [1.82, 2.24) is 14.7 Å². The Hall–Kier alpha value is -1.80. The van der Waals surface area contributed by atoms with E-state index in [-0.39, 0.29) is 24.0 Å². The van der Waals surface area contributed by atoms with Gasteiger partial charge < -0.3 is 4.90 Å². The second-order valence-electron chi connectivity index (χ2n) is 6.43. The molecule has 3 rings (SSSR count). The minimum Gasteiger partial charge on any atom is -0.343 e. The number of rotatable bonds is 6. The molecule has 0 bridgehead atoms. The fourth-order valence-electron chi connectivity index (χ4n) is 2.92. The quantitative estimate of drug-likeness (QED) is 0.241. The first kappa shape index (κ1) is 22.5. The van der Waals surface area contributed by atoms with Gasteiger partial charge in [-0.3, -0.25) is 4.68 Å². The second kappa shape index (κ2) is 11.3. The van der Waals surface area contributed by atoms with Crippen molar-refractivity contribution in [3.8, 4) is 0 Å². The van der Waals surface area contributed by atoms with Gasteiger partial charge >= 0.3 is 0 Å². The number of hydrogen-bond acceptors (Lipinski definition) is 3. The van der Waals surface area contributed by atoms with Crippen molar-refractivity contribution in [3.63, 3.8) is 0 Å². The number of nitrogens with zero attached hydrogens (tertiary/aromatic N) is 4. The third-order valence-corrected chi connectivity index (χ3v) is 5.08. The van der Waals surface area contributed by atoms with Crippen molar-refractivity contribution in [3.05, 3.63) is 83.7 Å². The molecule has 4 nitrogen and oxygen atoms in total. The van der Waals surface area contributed by atoms with Gasteiger partial charge in [0.2, 0.25) is 0 Å². The zero-order valence-electron chi connectivity index (χ0n) is 16.6. The number of amidine groups is 1. The van der Waals surface area contributed by atoms with E-state index in [1.54, 1.807) is 11.8 Å². The molecule has 6 heteroatoms. The van der Waals surface area contributed by atoms with Crippen LogP contribution in [-0.4, -0.2) is 25.6 Å². The van der Waals surface area contributed by atoms with Crippen LogP contribution in [0.25, 0.3) is 0 Å². The van der Waals surface area contributed by atoms with Gasteiger partial charge in [0.25, 0.3) is 0 Å². The SMILES string of the molecule is CCSC(=Nc1cn(C)nc1C)N(Cc1ccccc1)Cc1ccccc1.I. The number of aryl methyl sites for hydroxylation is 2. The molecule has 148 valence electrons. The molecule has 0 saturated carbocycles. The summed E-state index contributed by atoms with van der Waals surface area (Å²) in [6, 6.07) is 21.1. The third-order valence-electron chi connectivity index (χ3n) is 4.18. The van der Waals surface area contributed by atoms with Crippen LogP contribution in [0, 0.1) is 6.92 Å². The number of thioether (sulfide) groups is 1. The molecule has 0 N–H and O–H groups in total. The van der Waals surface area contributed by atoms with Gasteiger partial charge in [0.1, 0.15) is 5.69 Å². The van der Waals surface area contributed by atoms with Gasteiger partial charge in [0.05, 0.1) is 11.9 Å². The van der Waals surface area contributed by atoms with Crippen molar-refractivity contribution in [2.45, 2.75) is 26.9 Å². The molecule has 0 unspecified atom stereocenters. The molecular formula is C22H27IN4S. The Balaban J connectivity index is 0.00000280. The molecule has 1 aromatic heterocycles. The number of benzene rings is 2. The number of aromatic nitrogens is 2. The van der Waals surface area contributed by atoms with E-state index in [2.05, 4.69) is 77.6 Å². The minimum atomic E-state index is 0. The highest BCUT2D eigenvalue weighted by Gasteiger charge is 2.15. The summed E-state index contributed by atoms with van der Waals surface area (Å²) in [6.07, 6.45) is 1.98. The Morgan fingerprint density at radius 1 is 1.00 bits per heavy atom. The van der Waals surface area contributed by atoms with Gasteiger partial charge in [-0.15, -0.1) is 24.0 Å². The molecule has 0 fully saturated rings. The maximum atomic E-state index is 4.98. The predicted molar refractivity (Wildman–Crippen MR) is 131 cm³/mol. The van der Waals surface area contributed by atoms with Crippen LogP contribution in [-0.2, 0) is 20.1 Å². The Morgan fingerprint density at radius 2 is 1.54 bits per heavy atom. The first-order valence-electron chi connectivity index (χ1n) is 9.20. The van der Waals surface area contributed by atoms with E-state index in [9.17, 15) is 0 Å². The molecule has 0 spiro atoms.